The number of hydrogen-bond donors (Lipinski definition) is 0. The van der Waals surface area contributed by atoms with Crippen molar-refractivity contribution < 1.29 is 4.79 Å². The smallest absolute Gasteiger partial charge is 0.275 e. The van der Waals surface area contributed by atoms with Crippen LogP contribution < -0.4 is 0 Å². The van der Waals surface area contributed by atoms with Crippen molar-refractivity contribution in [3.05, 3.63) is 11.1 Å². The zero-order valence-electron chi connectivity index (χ0n) is 6.85. The monoisotopic (exact) mass is 207 g/mol. The Kier molecular flexibility index (Phi) is 4.77. The molecule has 0 unspecified atom stereocenters. The molecule has 0 radical (unpaired) electrons. The molecule has 1 heterocycles. The molecule has 0 spiro atoms. The predicted octanol–water partition coefficient (Wildman–Crippen LogP) is 1.05. The molecule has 0 saturated heterocycles. The van der Waals surface area contributed by atoms with Crippen LogP contribution >= 0.6 is 23.9 Å². The summed E-state index contributed by atoms with van der Waals surface area (Å²) in [4.78, 5) is 12.9. The zero-order chi connectivity index (χ0) is 8.27. The van der Waals surface area contributed by atoms with E-state index in [-0.39, 0.29) is 18.3 Å². The first-order valence-corrected chi connectivity index (χ1v) is 4.12. The van der Waals surface area contributed by atoms with Gasteiger partial charge in [0.2, 0.25) is 0 Å². The second-order valence-electron chi connectivity index (χ2n) is 2.11. The maximum atomic E-state index is 11.3. The van der Waals surface area contributed by atoms with Crippen molar-refractivity contribution in [2.45, 2.75) is 6.92 Å². The van der Waals surface area contributed by atoms with E-state index in [1.165, 1.54) is 11.5 Å². The number of rotatable bonds is 2. The SMILES string of the molecule is CCN(C)C(=O)c1csnn1.Cl. The lowest BCUT2D eigenvalue weighted by molar-refractivity contribution is 0.0796. The molecule has 0 aromatic carbocycles. The molecule has 0 saturated carbocycles. The molecule has 68 valence electrons. The van der Waals surface area contributed by atoms with E-state index in [4.69, 9.17) is 0 Å². The first-order chi connectivity index (χ1) is 5.25. The van der Waals surface area contributed by atoms with Gasteiger partial charge in [-0.2, -0.15) is 0 Å². The fourth-order valence-corrected chi connectivity index (χ4v) is 1.03. The topological polar surface area (TPSA) is 46.1 Å². The van der Waals surface area contributed by atoms with E-state index in [0.29, 0.717) is 12.2 Å². The summed E-state index contributed by atoms with van der Waals surface area (Å²) < 4.78 is 3.60. The van der Waals surface area contributed by atoms with Crippen LogP contribution in [0.5, 0.6) is 0 Å². The lowest BCUT2D eigenvalue weighted by Gasteiger charge is -2.11. The average molecular weight is 208 g/mol. The predicted molar refractivity (Wildman–Crippen MR) is 49.8 cm³/mol. The molecule has 0 bridgehead atoms. The molecular weight excluding hydrogens is 198 g/mol. The molecule has 0 N–H and O–H groups in total. The van der Waals surface area contributed by atoms with Crippen molar-refractivity contribution in [3.8, 4) is 0 Å². The highest BCUT2D eigenvalue weighted by Gasteiger charge is 2.11. The van der Waals surface area contributed by atoms with Gasteiger partial charge >= 0.3 is 0 Å². The van der Waals surface area contributed by atoms with Crippen LogP contribution in [0.2, 0.25) is 0 Å². The van der Waals surface area contributed by atoms with Gasteiger partial charge < -0.3 is 4.90 Å². The van der Waals surface area contributed by atoms with E-state index in [2.05, 4.69) is 9.59 Å². The fourth-order valence-electron chi connectivity index (χ4n) is 0.597. The third-order valence-corrected chi connectivity index (χ3v) is 1.90. The van der Waals surface area contributed by atoms with Gasteiger partial charge in [0.15, 0.2) is 5.69 Å². The van der Waals surface area contributed by atoms with Crippen LogP contribution in [-0.4, -0.2) is 34.0 Å². The Bertz CT molecular complexity index is 239. The van der Waals surface area contributed by atoms with Crippen molar-refractivity contribution >= 4 is 29.8 Å². The van der Waals surface area contributed by atoms with Crippen LogP contribution in [0.4, 0.5) is 0 Å². The van der Waals surface area contributed by atoms with Crippen molar-refractivity contribution in [2.75, 3.05) is 13.6 Å². The Labute approximate surface area is 81.2 Å². The maximum absolute atomic E-state index is 11.3. The Morgan fingerprint density at radius 3 is 2.83 bits per heavy atom. The first kappa shape index (κ1) is 11.3. The number of nitrogens with zero attached hydrogens (tertiary/aromatic N) is 3. The lowest BCUT2D eigenvalue weighted by atomic mass is 10.4. The van der Waals surface area contributed by atoms with Crippen LogP contribution in [-0.2, 0) is 0 Å². The number of aromatic nitrogens is 2. The molecule has 4 nitrogen and oxygen atoms in total. The van der Waals surface area contributed by atoms with Crippen LogP contribution in [0.15, 0.2) is 5.38 Å². The minimum atomic E-state index is -0.0683. The highest BCUT2D eigenvalue weighted by molar-refractivity contribution is 7.03. The van der Waals surface area contributed by atoms with Gasteiger partial charge in [-0.3, -0.25) is 4.79 Å². The quantitative estimate of drug-likeness (QED) is 0.729. The van der Waals surface area contributed by atoms with Gasteiger partial charge in [0.05, 0.1) is 0 Å². The second kappa shape index (κ2) is 5.05. The van der Waals surface area contributed by atoms with Gasteiger partial charge in [0.25, 0.3) is 5.91 Å². The Hall–Kier alpha value is -0.680. The molecule has 0 aliphatic heterocycles. The Balaban J connectivity index is 0.00000121. The van der Waals surface area contributed by atoms with E-state index < -0.39 is 0 Å². The third kappa shape index (κ3) is 2.42. The van der Waals surface area contributed by atoms with Gasteiger partial charge in [0, 0.05) is 19.0 Å². The summed E-state index contributed by atoms with van der Waals surface area (Å²) in [5.74, 6) is -0.0683. The molecular formula is C6H10ClN3OS. The minimum Gasteiger partial charge on any atom is -0.341 e. The van der Waals surface area contributed by atoms with E-state index in [0.717, 1.165) is 0 Å². The highest BCUT2D eigenvalue weighted by Crippen LogP contribution is 2.00. The maximum Gasteiger partial charge on any atom is 0.275 e. The molecule has 0 fully saturated rings. The molecule has 0 aliphatic rings. The number of halogens is 1. The van der Waals surface area contributed by atoms with Gasteiger partial charge in [-0.05, 0) is 18.5 Å². The molecule has 1 rings (SSSR count). The summed E-state index contributed by atoms with van der Waals surface area (Å²) in [5.41, 5.74) is 0.430. The van der Waals surface area contributed by atoms with E-state index in [1.54, 1.807) is 17.3 Å². The normalized spacial score (nSPS) is 8.83. The average Bonchev–Trinajstić information content (AvgIpc) is 2.53. The molecule has 6 heteroatoms. The summed E-state index contributed by atoms with van der Waals surface area (Å²) in [5, 5.41) is 5.31. The van der Waals surface area contributed by atoms with Gasteiger partial charge in [-0.1, -0.05) is 4.49 Å². The fraction of sp³-hybridized carbons (Fsp3) is 0.500. The molecule has 1 aromatic heterocycles. The molecule has 0 atom stereocenters. The minimum absolute atomic E-state index is 0. The van der Waals surface area contributed by atoms with E-state index in [9.17, 15) is 4.79 Å². The molecule has 1 amide bonds. The van der Waals surface area contributed by atoms with Crippen LogP contribution in [0.3, 0.4) is 0 Å². The summed E-state index contributed by atoms with van der Waals surface area (Å²) in [6, 6.07) is 0. The van der Waals surface area contributed by atoms with Gasteiger partial charge in [-0.25, -0.2) is 0 Å². The van der Waals surface area contributed by atoms with Crippen molar-refractivity contribution in [1.29, 1.82) is 0 Å². The molecule has 12 heavy (non-hydrogen) atoms. The summed E-state index contributed by atoms with van der Waals surface area (Å²) in [6.07, 6.45) is 0. The van der Waals surface area contributed by atoms with Crippen LogP contribution in [0, 0.1) is 0 Å². The van der Waals surface area contributed by atoms with Gasteiger partial charge in [0.1, 0.15) is 0 Å². The van der Waals surface area contributed by atoms with Gasteiger partial charge in [-0.15, -0.1) is 17.5 Å². The summed E-state index contributed by atoms with van der Waals surface area (Å²) in [6.45, 7) is 2.61. The number of amides is 1. The van der Waals surface area contributed by atoms with Crippen LogP contribution in [0.25, 0.3) is 0 Å². The lowest BCUT2D eigenvalue weighted by Crippen LogP contribution is -2.26. The van der Waals surface area contributed by atoms with E-state index >= 15 is 0 Å². The summed E-state index contributed by atoms with van der Waals surface area (Å²) >= 11 is 1.19. The largest absolute Gasteiger partial charge is 0.341 e. The standard InChI is InChI=1S/C6H9N3OS.ClH/c1-3-9(2)6(10)5-4-11-8-7-5;/h4H,3H2,1-2H3;1H. The Morgan fingerprint density at radius 1 is 1.75 bits per heavy atom. The number of hydrogen-bond acceptors (Lipinski definition) is 4. The molecule has 1 aromatic rings. The number of carbonyl (C=O) groups is 1. The van der Waals surface area contributed by atoms with E-state index in [1.807, 2.05) is 6.92 Å². The second-order valence-corrected chi connectivity index (χ2v) is 2.72. The molecule has 0 aliphatic carbocycles. The summed E-state index contributed by atoms with van der Waals surface area (Å²) in [7, 11) is 1.74. The zero-order valence-corrected chi connectivity index (χ0v) is 8.48. The number of carbonyl (C=O) groups excluding carboxylic acids is 1. The van der Waals surface area contributed by atoms with Crippen molar-refractivity contribution in [2.24, 2.45) is 0 Å². The first-order valence-electron chi connectivity index (χ1n) is 3.28. The third-order valence-electron chi connectivity index (χ3n) is 1.40. The highest BCUT2D eigenvalue weighted by atomic mass is 35.5. The van der Waals surface area contributed by atoms with Crippen LogP contribution in [0.1, 0.15) is 17.4 Å². The van der Waals surface area contributed by atoms with Crippen molar-refractivity contribution in [3.63, 3.8) is 0 Å². The Morgan fingerprint density at radius 2 is 2.42 bits per heavy atom. The van der Waals surface area contributed by atoms with Crippen molar-refractivity contribution in [1.82, 2.24) is 14.5 Å².